The van der Waals surface area contributed by atoms with Crippen LogP contribution in [0.4, 0.5) is 0 Å². The lowest BCUT2D eigenvalue weighted by Crippen LogP contribution is -2.37. The molecule has 3 rings (SSSR count). The monoisotopic (exact) mass is 192 g/mol. The topological polar surface area (TPSA) is 0 Å². The Morgan fingerprint density at radius 3 is 2.43 bits per heavy atom. The molecule has 0 heteroatoms. The van der Waals surface area contributed by atoms with Gasteiger partial charge in [-0.05, 0) is 47.8 Å². The van der Waals surface area contributed by atoms with Crippen molar-refractivity contribution in [1.29, 1.82) is 0 Å². The molecule has 0 aromatic heterocycles. The molecular formula is C14H24. The maximum atomic E-state index is 2.50. The Labute approximate surface area is 88.5 Å². The zero-order valence-corrected chi connectivity index (χ0v) is 10.0. The van der Waals surface area contributed by atoms with Crippen LogP contribution in [0.25, 0.3) is 0 Å². The van der Waals surface area contributed by atoms with Crippen molar-refractivity contribution in [2.75, 3.05) is 0 Å². The van der Waals surface area contributed by atoms with Crippen molar-refractivity contribution < 1.29 is 0 Å². The molecule has 80 valence electrons. The van der Waals surface area contributed by atoms with Gasteiger partial charge < -0.3 is 0 Å². The van der Waals surface area contributed by atoms with E-state index in [1.807, 2.05) is 0 Å². The quantitative estimate of drug-likeness (QED) is 0.622. The Balaban J connectivity index is 1.61. The van der Waals surface area contributed by atoms with Crippen LogP contribution in [0.3, 0.4) is 0 Å². The summed E-state index contributed by atoms with van der Waals surface area (Å²) in [4.78, 5) is 0. The molecule has 0 aliphatic heterocycles. The van der Waals surface area contributed by atoms with Gasteiger partial charge in [0.2, 0.25) is 0 Å². The summed E-state index contributed by atoms with van der Waals surface area (Å²) >= 11 is 0. The third kappa shape index (κ3) is 0.907. The predicted octanol–water partition coefficient (Wildman–Crippen LogP) is 4.39. The molecule has 0 nitrogen and oxygen atoms in total. The minimum absolute atomic E-state index is 0.739. The van der Waals surface area contributed by atoms with Crippen molar-refractivity contribution in [3.05, 3.63) is 0 Å². The molecule has 14 heavy (non-hydrogen) atoms. The first kappa shape index (κ1) is 9.24. The zero-order chi connectivity index (χ0) is 10.0. The van der Waals surface area contributed by atoms with Gasteiger partial charge in [-0.25, -0.2) is 0 Å². The SMILES string of the molecule is CCCC1CC12CC21CC(C)(CC)C1. The molecule has 0 aromatic carbocycles. The van der Waals surface area contributed by atoms with Crippen LogP contribution >= 0.6 is 0 Å². The van der Waals surface area contributed by atoms with Crippen molar-refractivity contribution in [1.82, 2.24) is 0 Å². The third-order valence-electron chi connectivity index (χ3n) is 5.84. The molecule has 2 atom stereocenters. The van der Waals surface area contributed by atoms with E-state index in [0.29, 0.717) is 0 Å². The summed E-state index contributed by atoms with van der Waals surface area (Å²) in [5.41, 5.74) is 2.54. The van der Waals surface area contributed by atoms with Crippen LogP contribution in [0.1, 0.15) is 65.7 Å². The summed E-state index contributed by atoms with van der Waals surface area (Å²) in [5, 5.41) is 0. The van der Waals surface area contributed by atoms with Gasteiger partial charge in [0.25, 0.3) is 0 Å². The molecule has 3 aliphatic carbocycles. The average molecular weight is 192 g/mol. The van der Waals surface area contributed by atoms with Crippen molar-refractivity contribution in [2.24, 2.45) is 22.2 Å². The van der Waals surface area contributed by atoms with Crippen LogP contribution in [-0.2, 0) is 0 Å². The van der Waals surface area contributed by atoms with E-state index in [9.17, 15) is 0 Å². The van der Waals surface area contributed by atoms with Gasteiger partial charge in [0.15, 0.2) is 0 Å². The second-order valence-corrected chi connectivity index (χ2v) is 6.82. The second-order valence-electron chi connectivity index (χ2n) is 6.82. The first-order valence-corrected chi connectivity index (χ1v) is 6.60. The van der Waals surface area contributed by atoms with E-state index >= 15 is 0 Å². The molecule has 0 N–H and O–H groups in total. The van der Waals surface area contributed by atoms with E-state index in [2.05, 4.69) is 20.8 Å². The summed E-state index contributed by atoms with van der Waals surface area (Å²) in [5.74, 6) is 1.15. The molecule has 0 radical (unpaired) electrons. The van der Waals surface area contributed by atoms with Crippen LogP contribution in [0, 0.1) is 22.2 Å². The van der Waals surface area contributed by atoms with E-state index in [-0.39, 0.29) is 0 Å². The van der Waals surface area contributed by atoms with Gasteiger partial charge in [0, 0.05) is 0 Å². The summed E-state index contributed by atoms with van der Waals surface area (Å²) in [6, 6.07) is 0. The van der Waals surface area contributed by atoms with Gasteiger partial charge in [-0.3, -0.25) is 0 Å². The standard InChI is InChI=1S/C14H24/c1-4-6-11-7-14(11)10-13(14)8-12(3,5-2)9-13/h11H,4-10H2,1-3H3. The normalized spacial score (nSPS) is 58.9. The highest BCUT2D eigenvalue weighted by Gasteiger charge is 2.82. The number of rotatable bonds is 3. The number of fused-ring (bicyclic) bond motifs is 1. The largest absolute Gasteiger partial charge is 0.0654 e. The average Bonchev–Trinajstić information content (AvgIpc) is 2.93. The first-order chi connectivity index (χ1) is 6.60. The Bertz CT molecular complexity index is 259. The van der Waals surface area contributed by atoms with Crippen LogP contribution < -0.4 is 0 Å². The van der Waals surface area contributed by atoms with Gasteiger partial charge >= 0.3 is 0 Å². The smallest absolute Gasteiger partial charge is 0.0204 e. The highest BCUT2D eigenvalue weighted by molar-refractivity contribution is 5.31. The lowest BCUT2D eigenvalue weighted by molar-refractivity contribution is 0.0322. The first-order valence-electron chi connectivity index (χ1n) is 6.60. The minimum Gasteiger partial charge on any atom is -0.0654 e. The minimum atomic E-state index is 0.739. The van der Waals surface area contributed by atoms with Crippen LogP contribution in [0.15, 0.2) is 0 Å². The highest BCUT2D eigenvalue weighted by Crippen LogP contribution is 2.91. The van der Waals surface area contributed by atoms with E-state index in [0.717, 1.165) is 22.2 Å². The lowest BCUT2D eigenvalue weighted by atomic mass is 9.58. The Hall–Kier alpha value is 0. The summed E-state index contributed by atoms with van der Waals surface area (Å²) in [7, 11) is 0. The fourth-order valence-corrected chi connectivity index (χ4v) is 4.84. The van der Waals surface area contributed by atoms with E-state index in [4.69, 9.17) is 0 Å². The lowest BCUT2D eigenvalue weighted by Gasteiger charge is -2.47. The predicted molar refractivity (Wildman–Crippen MR) is 60.1 cm³/mol. The molecule has 3 fully saturated rings. The Morgan fingerprint density at radius 1 is 1.14 bits per heavy atom. The number of hydrogen-bond donors (Lipinski definition) is 0. The molecule has 0 saturated heterocycles. The highest BCUT2D eigenvalue weighted by atomic mass is 14.9. The summed E-state index contributed by atoms with van der Waals surface area (Å²) in [6.45, 7) is 7.22. The number of hydrogen-bond acceptors (Lipinski definition) is 0. The maximum Gasteiger partial charge on any atom is -0.0204 e. The molecule has 0 aromatic rings. The molecule has 0 amide bonds. The van der Waals surface area contributed by atoms with Gasteiger partial charge in [-0.2, -0.15) is 0 Å². The maximum absolute atomic E-state index is 2.50. The Morgan fingerprint density at radius 2 is 1.86 bits per heavy atom. The zero-order valence-electron chi connectivity index (χ0n) is 10.0. The second kappa shape index (κ2) is 2.39. The molecule has 3 saturated carbocycles. The molecule has 0 heterocycles. The Kier molecular flexibility index (Phi) is 1.58. The van der Waals surface area contributed by atoms with Crippen molar-refractivity contribution in [3.63, 3.8) is 0 Å². The van der Waals surface area contributed by atoms with Gasteiger partial charge in [-0.15, -0.1) is 0 Å². The van der Waals surface area contributed by atoms with Gasteiger partial charge in [0.1, 0.15) is 0 Å². The van der Waals surface area contributed by atoms with Crippen LogP contribution in [0.5, 0.6) is 0 Å². The van der Waals surface area contributed by atoms with E-state index < -0.39 is 0 Å². The van der Waals surface area contributed by atoms with Crippen LogP contribution in [0.2, 0.25) is 0 Å². The van der Waals surface area contributed by atoms with Gasteiger partial charge in [-0.1, -0.05) is 40.0 Å². The van der Waals surface area contributed by atoms with Crippen LogP contribution in [-0.4, -0.2) is 0 Å². The summed E-state index contributed by atoms with van der Waals surface area (Å²) in [6.07, 6.45) is 10.7. The fraction of sp³-hybridized carbons (Fsp3) is 1.00. The van der Waals surface area contributed by atoms with Crippen molar-refractivity contribution in [2.45, 2.75) is 65.7 Å². The van der Waals surface area contributed by atoms with E-state index in [1.54, 1.807) is 25.7 Å². The van der Waals surface area contributed by atoms with Crippen molar-refractivity contribution >= 4 is 0 Å². The third-order valence-corrected chi connectivity index (χ3v) is 5.84. The molecule has 0 bridgehead atoms. The fourth-order valence-electron chi connectivity index (χ4n) is 4.84. The molecule has 2 spiro atoms. The molecule has 3 aliphatic rings. The molecular weight excluding hydrogens is 168 g/mol. The van der Waals surface area contributed by atoms with E-state index in [1.165, 1.54) is 19.3 Å². The van der Waals surface area contributed by atoms with Gasteiger partial charge in [0.05, 0.1) is 0 Å². The van der Waals surface area contributed by atoms with Crippen molar-refractivity contribution in [3.8, 4) is 0 Å². The molecule has 2 unspecified atom stereocenters. The summed E-state index contributed by atoms with van der Waals surface area (Å²) < 4.78 is 0.